The molecule has 3 aromatic carbocycles. The number of carboxylic acids is 1. The minimum absolute atomic E-state index is 0.231. The van der Waals surface area contributed by atoms with E-state index in [9.17, 15) is 14.7 Å². The number of benzene rings is 3. The number of carboxylic acid groups (broad SMARTS) is 1. The predicted molar refractivity (Wildman–Crippen MR) is 118 cm³/mol. The van der Waals surface area contributed by atoms with Gasteiger partial charge in [0.15, 0.2) is 0 Å². The maximum absolute atomic E-state index is 12.4. The molecule has 0 aliphatic heterocycles. The zero-order valence-corrected chi connectivity index (χ0v) is 18.1. The first-order valence-electron chi connectivity index (χ1n) is 8.47. The molecule has 0 aromatic heterocycles. The minimum Gasteiger partial charge on any atom is -0.477 e. The Morgan fingerprint density at radius 3 is 2.10 bits per heavy atom. The molecule has 0 radical (unpaired) electrons. The third-order valence-corrected chi connectivity index (χ3v) is 5.20. The van der Waals surface area contributed by atoms with Gasteiger partial charge >= 0.3 is 5.97 Å². The summed E-state index contributed by atoms with van der Waals surface area (Å²) in [5.74, 6) is -0.482. The third-order valence-electron chi connectivity index (χ3n) is 3.85. The monoisotopic (exact) mass is 515 g/mol. The van der Waals surface area contributed by atoms with Crippen LogP contribution in [0.1, 0.15) is 15.9 Å². The van der Waals surface area contributed by atoms with Gasteiger partial charge in [-0.2, -0.15) is 0 Å². The first-order valence-corrected chi connectivity index (χ1v) is 10.1. The van der Waals surface area contributed by atoms with E-state index >= 15 is 0 Å². The zero-order chi connectivity index (χ0) is 20.8. The molecular weight excluding hydrogens is 502 g/mol. The molecule has 0 aliphatic carbocycles. The molecule has 0 bridgehead atoms. The highest BCUT2D eigenvalue weighted by Gasteiger charge is 2.15. The molecule has 2 N–H and O–H groups in total. The lowest BCUT2D eigenvalue weighted by molar-refractivity contribution is -0.132. The van der Waals surface area contributed by atoms with Crippen LogP contribution in [0.15, 0.2) is 87.4 Å². The second kappa shape index (κ2) is 9.54. The predicted octanol–water partition coefficient (Wildman–Crippen LogP) is 5.86. The van der Waals surface area contributed by atoms with Crippen LogP contribution < -0.4 is 10.1 Å². The number of carbonyl (C=O) groups excluding carboxylic acids is 1. The Balaban J connectivity index is 1.77. The minimum atomic E-state index is -1.24. The molecule has 0 aliphatic rings. The van der Waals surface area contributed by atoms with Crippen molar-refractivity contribution in [1.29, 1.82) is 0 Å². The van der Waals surface area contributed by atoms with Gasteiger partial charge < -0.3 is 15.2 Å². The summed E-state index contributed by atoms with van der Waals surface area (Å²) in [6, 6.07) is 21.1. The van der Waals surface area contributed by atoms with E-state index in [4.69, 9.17) is 4.74 Å². The van der Waals surface area contributed by atoms with E-state index in [-0.39, 0.29) is 5.70 Å². The topological polar surface area (TPSA) is 75.6 Å². The van der Waals surface area contributed by atoms with Gasteiger partial charge in [0.1, 0.15) is 17.2 Å². The van der Waals surface area contributed by atoms with Crippen molar-refractivity contribution in [3.8, 4) is 11.5 Å². The fraction of sp³-hybridized carbons (Fsp3) is 0. The van der Waals surface area contributed by atoms with E-state index in [1.54, 1.807) is 48.5 Å². The van der Waals surface area contributed by atoms with Crippen LogP contribution in [0, 0.1) is 0 Å². The van der Waals surface area contributed by atoms with Crippen LogP contribution in [0.4, 0.5) is 0 Å². The maximum atomic E-state index is 12.4. The van der Waals surface area contributed by atoms with Gasteiger partial charge in [-0.25, -0.2) is 4.79 Å². The van der Waals surface area contributed by atoms with Gasteiger partial charge in [0.25, 0.3) is 5.91 Å². The molecule has 0 saturated heterocycles. The average Bonchev–Trinajstić information content (AvgIpc) is 2.70. The summed E-state index contributed by atoms with van der Waals surface area (Å²) in [5.41, 5.74) is 0.719. The van der Waals surface area contributed by atoms with Crippen molar-refractivity contribution in [1.82, 2.24) is 5.32 Å². The summed E-state index contributed by atoms with van der Waals surface area (Å²) in [6.45, 7) is 0. The quantitative estimate of drug-likeness (QED) is 0.402. The molecule has 0 heterocycles. The van der Waals surface area contributed by atoms with Gasteiger partial charge in [0.05, 0.1) is 10.0 Å². The van der Waals surface area contributed by atoms with Crippen LogP contribution in [-0.2, 0) is 4.79 Å². The Hall–Kier alpha value is -2.90. The summed E-state index contributed by atoms with van der Waals surface area (Å²) in [5, 5.41) is 11.9. The number of hydrogen-bond donors (Lipinski definition) is 2. The van der Waals surface area contributed by atoms with E-state index in [0.717, 1.165) is 4.47 Å². The highest BCUT2D eigenvalue weighted by molar-refractivity contribution is 9.10. The summed E-state index contributed by atoms with van der Waals surface area (Å²) < 4.78 is 7.20. The van der Waals surface area contributed by atoms with Crippen molar-refractivity contribution in [2.45, 2.75) is 0 Å². The molecule has 0 atom stereocenters. The number of ether oxygens (including phenoxy) is 1. The molecule has 29 heavy (non-hydrogen) atoms. The Bertz CT molecular complexity index is 1080. The van der Waals surface area contributed by atoms with Crippen LogP contribution in [0.5, 0.6) is 11.5 Å². The van der Waals surface area contributed by atoms with Crippen LogP contribution >= 0.6 is 31.9 Å². The molecule has 0 saturated carbocycles. The molecule has 1 amide bonds. The van der Waals surface area contributed by atoms with Gasteiger partial charge in [0, 0.05) is 4.47 Å². The van der Waals surface area contributed by atoms with Gasteiger partial charge in [0.2, 0.25) is 0 Å². The number of nitrogens with one attached hydrogen (secondary N) is 1. The van der Waals surface area contributed by atoms with E-state index in [1.165, 1.54) is 6.08 Å². The number of halogens is 2. The summed E-state index contributed by atoms with van der Waals surface area (Å²) in [4.78, 5) is 24.0. The fourth-order valence-corrected chi connectivity index (χ4v) is 3.27. The van der Waals surface area contributed by atoms with Gasteiger partial charge in [-0.1, -0.05) is 36.4 Å². The molecular formula is C22H15Br2NO4. The van der Waals surface area contributed by atoms with Crippen LogP contribution in [0.2, 0.25) is 0 Å². The van der Waals surface area contributed by atoms with Crippen molar-refractivity contribution >= 4 is 49.8 Å². The maximum Gasteiger partial charge on any atom is 0.352 e. The highest BCUT2D eigenvalue weighted by Crippen LogP contribution is 2.29. The summed E-state index contributed by atoms with van der Waals surface area (Å²) in [7, 11) is 0. The lowest BCUT2D eigenvalue weighted by Gasteiger charge is -2.09. The van der Waals surface area contributed by atoms with Crippen LogP contribution in [0.3, 0.4) is 0 Å². The van der Waals surface area contributed by atoms with Crippen molar-refractivity contribution < 1.29 is 19.4 Å². The van der Waals surface area contributed by atoms with Crippen molar-refractivity contribution in [2.75, 3.05) is 0 Å². The Morgan fingerprint density at radius 1 is 0.862 bits per heavy atom. The number of amides is 1. The number of hydrogen-bond acceptors (Lipinski definition) is 3. The van der Waals surface area contributed by atoms with E-state index in [0.29, 0.717) is 27.1 Å². The molecule has 0 fully saturated rings. The van der Waals surface area contributed by atoms with Crippen molar-refractivity contribution in [3.05, 3.63) is 98.6 Å². The van der Waals surface area contributed by atoms with Gasteiger partial charge in [-0.15, -0.1) is 0 Å². The SMILES string of the molecule is O=C(O)C(=Cc1ccc(Oc2ccccc2Br)cc1)NC(=O)c1ccccc1Br. The average molecular weight is 517 g/mol. The van der Waals surface area contributed by atoms with Crippen LogP contribution in [-0.4, -0.2) is 17.0 Å². The standard InChI is InChI=1S/C22H15Br2NO4/c23-17-6-2-1-5-16(17)21(26)25-19(22(27)28)13-14-9-11-15(12-10-14)29-20-8-4-3-7-18(20)24/h1-13H,(H,25,26)(H,27,28). The van der Waals surface area contributed by atoms with E-state index in [1.807, 2.05) is 24.3 Å². The lowest BCUT2D eigenvalue weighted by Crippen LogP contribution is -2.27. The number of rotatable bonds is 6. The number of para-hydroxylation sites is 1. The molecule has 3 rings (SSSR count). The van der Waals surface area contributed by atoms with Gasteiger partial charge in [-0.05, 0) is 79.9 Å². The fourth-order valence-electron chi connectivity index (χ4n) is 2.44. The summed E-state index contributed by atoms with van der Waals surface area (Å²) >= 11 is 6.71. The Labute approximate surface area is 184 Å². The van der Waals surface area contributed by atoms with Gasteiger partial charge in [-0.3, -0.25) is 4.79 Å². The smallest absolute Gasteiger partial charge is 0.352 e. The highest BCUT2D eigenvalue weighted by atomic mass is 79.9. The molecule has 0 spiro atoms. The second-order valence-corrected chi connectivity index (χ2v) is 7.61. The lowest BCUT2D eigenvalue weighted by atomic mass is 10.1. The Kier molecular flexibility index (Phi) is 6.85. The first-order chi connectivity index (χ1) is 13.9. The molecule has 5 nitrogen and oxygen atoms in total. The normalized spacial score (nSPS) is 11.0. The zero-order valence-electron chi connectivity index (χ0n) is 14.9. The number of aliphatic carboxylic acids is 1. The largest absolute Gasteiger partial charge is 0.477 e. The van der Waals surface area contributed by atoms with E-state index < -0.39 is 11.9 Å². The van der Waals surface area contributed by atoms with Crippen LogP contribution in [0.25, 0.3) is 6.08 Å². The third kappa shape index (κ3) is 5.56. The van der Waals surface area contributed by atoms with Crippen molar-refractivity contribution in [2.24, 2.45) is 0 Å². The molecule has 0 unspecified atom stereocenters. The van der Waals surface area contributed by atoms with E-state index in [2.05, 4.69) is 37.2 Å². The van der Waals surface area contributed by atoms with Crippen molar-refractivity contribution in [3.63, 3.8) is 0 Å². The first kappa shape index (κ1) is 20.8. The Morgan fingerprint density at radius 2 is 1.48 bits per heavy atom. The molecule has 146 valence electrons. The molecule has 7 heteroatoms. The summed E-state index contributed by atoms with van der Waals surface area (Å²) in [6.07, 6.45) is 1.39. The second-order valence-electron chi connectivity index (χ2n) is 5.90. The number of carbonyl (C=O) groups is 2. The molecule has 3 aromatic rings.